The number of nitrogens with one attached hydrogen (secondary N) is 3. The number of phenols is 1. The number of phenolic OH excluding ortho intramolecular Hbond substituents is 1. The van der Waals surface area contributed by atoms with Crippen LogP contribution in [-0.4, -0.2) is 56.3 Å². The zero-order valence-corrected chi connectivity index (χ0v) is 12.9. The molecule has 120 valence electrons. The second-order valence-corrected chi connectivity index (χ2v) is 5.45. The third kappa shape index (κ3) is 3.88. The molecule has 0 bridgehead atoms. The lowest BCUT2D eigenvalue weighted by Crippen LogP contribution is -3.19. The predicted octanol–water partition coefficient (Wildman–Crippen LogP) is -1.06. The van der Waals surface area contributed by atoms with Crippen molar-refractivity contribution >= 4 is 17.6 Å². The number of amides is 3. The Morgan fingerprint density at radius 2 is 1.82 bits per heavy atom. The first-order valence-electron chi connectivity index (χ1n) is 7.42. The van der Waals surface area contributed by atoms with E-state index in [2.05, 4.69) is 15.5 Å². The van der Waals surface area contributed by atoms with Gasteiger partial charge in [-0.25, -0.2) is 4.79 Å². The van der Waals surface area contributed by atoms with Gasteiger partial charge in [0.05, 0.1) is 26.2 Å². The van der Waals surface area contributed by atoms with E-state index < -0.39 is 6.03 Å². The van der Waals surface area contributed by atoms with Gasteiger partial charge in [0.1, 0.15) is 5.75 Å². The van der Waals surface area contributed by atoms with Gasteiger partial charge in [0, 0.05) is 12.7 Å². The van der Waals surface area contributed by atoms with Crippen LogP contribution in [0.2, 0.25) is 0 Å². The van der Waals surface area contributed by atoms with Gasteiger partial charge in [0.15, 0.2) is 6.04 Å². The van der Waals surface area contributed by atoms with Crippen molar-refractivity contribution < 1.29 is 19.6 Å². The Morgan fingerprint density at radius 3 is 2.36 bits per heavy atom. The van der Waals surface area contributed by atoms with Gasteiger partial charge in [-0.2, -0.15) is 0 Å². The lowest BCUT2D eigenvalue weighted by atomic mass is 10.2. The number of imide groups is 1. The Balaban J connectivity index is 1.87. The summed E-state index contributed by atoms with van der Waals surface area (Å²) in [6, 6.07) is 6.39. The highest BCUT2D eigenvalue weighted by Gasteiger charge is 2.29. The van der Waals surface area contributed by atoms with Gasteiger partial charge >= 0.3 is 6.03 Å². The van der Waals surface area contributed by atoms with Gasteiger partial charge in [-0.05, 0) is 31.2 Å². The van der Waals surface area contributed by atoms with Crippen molar-refractivity contribution in [3.63, 3.8) is 0 Å². The summed E-state index contributed by atoms with van der Waals surface area (Å²) in [6.07, 6.45) is 0. The maximum absolute atomic E-state index is 12.0. The molecule has 0 unspecified atom stereocenters. The van der Waals surface area contributed by atoms with Crippen LogP contribution in [0, 0.1) is 0 Å². The van der Waals surface area contributed by atoms with E-state index in [1.807, 2.05) is 19.1 Å². The van der Waals surface area contributed by atoms with Gasteiger partial charge in [0.25, 0.3) is 5.91 Å². The Labute approximate surface area is 129 Å². The van der Waals surface area contributed by atoms with E-state index in [0.717, 1.165) is 36.8 Å². The topological polar surface area (TPSA) is 86.1 Å². The summed E-state index contributed by atoms with van der Waals surface area (Å²) in [5, 5.41) is 14.0. The third-order valence-corrected chi connectivity index (χ3v) is 4.09. The largest absolute Gasteiger partial charge is 0.508 e. The first kappa shape index (κ1) is 16.1. The van der Waals surface area contributed by atoms with Crippen LogP contribution < -0.4 is 20.4 Å². The number of carbonyl (C=O) groups is 2. The number of hydrogen-bond donors (Lipinski definition) is 4. The van der Waals surface area contributed by atoms with Crippen molar-refractivity contribution in [3.8, 4) is 5.75 Å². The molecule has 7 heteroatoms. The number of aromatic hydroxyl groups is 1. The van der Waals surface area contributed by atoms with Gasteiger partial charge in [-0.15, -0.1) is 0 Å². The summed E-state index contributed by atoms with van der Waals surface area (Å²) in [6.45, 7) is 5.14. The number of hydrogen-bond acceptors (Lipinski definition) is 4. The summed E-state index contributed by atoms with van der Waals surface area (Å²) >= 11 is 0. The molecule has 0 saturated carbocycles. The Hall–Kier alpha value is -2.28. The van der Waals surface area contributed by atoms with E-state index in [1.54, 1.807) is 12.1 Å². The molecule has 2 rings (SSSR count). The van der Waals surface area contributed by atoms with Crippen molar-refractivity contribution in [1.29, 1.82) is 0 Å². The average Bonchev–Trinajstić information content (AvgIpc) is 2.55. The average molecular weight is 307 g/mol. The van der Waals surface area contributed by atoms with Crippen LogP contribution in [0.25, 0.3) is 0 Å². The molecule has 0 aliphatic carbocycles. The summed E-state index contributed by atoms with van der Waals surface area (Å²) < 4.78 is 0. The molecule has 1 atom stereocenters. The maximum atomic E-state index is 12.0. The molecule has 3 amide bonds. The standard InChI is InChI=1S/C15H22N4O3/c1-11(14(21)17-15(22)16-2)18-7-9-19(10-8-18)12-3-5-13(20)6-4-12/h3-6,11,20H,7-10H2,1-2H3,(H2,16,17,21,22)/p+1/t11-/m0/s1. The monoisotopic (exact) mass is 307 g/mol. The van der Waals surface area contributed by atoms with Gasteiger partial charge in [-0.1, -0.05) is 0 Å². The van der Waals surface area contributed by atoms with Crippen LogP contribution in [0.5, 0.6) is 5.75 Å². The number of anilines is 1. The van der Waals surface area contributed by atoms with Crippen LogP contribution in [0.4, 0.5) is 10.5 Å². The molecule has 1 aromatic carbocycles. The zero-order chi connectivity index (χ0) is 16.1. The van der Waals surface area contributed by atoms with Gasteiger partial charge in [0.2, 0.25) is 0 Å². The molecule has 0 spiro atoms. The van der Waals surface area contributed by atoms with Crippen LogP contribution in [0.15, 0.2) is 24.3 Å². The minimum atomic E-state index is -0.473. The molecule has 1 saturated heterocycles. The highest BCUT2D eigenvalue weighted by atomic mass is 16.3. The number of urea groups is 1. The molecule has 1 aromatic rings. The van der Waals surface area contributed by atoms with Crippen molar-refractivity contribution in [1.82, 2.24) is 10.6 Å². The fourth-order valence-electron chi connectivity index (χ4n) is 2.62. The second-order valence-electron chi connectivity index (χ2n) is 5.45. The number of rotatable bonds is 3. The molecule has 1 fully saturated rings. The molecule has 22 heavy (non-hydrogen) atoms. The zero-order valence-electron chi connectivity index (χ0n) is 12.9. The lowest BCUT2D eigenvalue weighted by molar-refractivity contribution is -0.914. The molecular weight excluding hydrogens is 284 g/mol. The normalized spacial score (nSPS) is 16.9. The SMILES string of the molecule is CNC(=O)NC(=O)[C@H](C)[NH+]1CCN(c2ccc(O)cc2)CC1. The smallest absolute Gasteiger partial charge is 0.321 e. The summed E-state index contributed by atoms with van der Waals surface area (Å²) in [7, 11) is 1.48. The van der Waals surface area contributed by atoms with Crippen molar-refractivity contribution in [2.24, 2.45) is 0 Å². The number of quaternary nitrogens is 1. The number of benzene rings is 1. The number of nitrogens with zero attached hydrogens (tertiary/aromatic N) is 1. The molecule has 1 heterocycles. The van der Waals surface area contributed by atoms with Crippen molar-refractivity contribution in [2.45, 2.75) is 13.0 Å². The summed E-state index contributed by atoms with van der Waals surface area (Å²) in [4.78, 5) is 26.6. The minimum Gasteiger partial charge on any atom is -0.508 e. The molecule has 1 aliphatic heterocycles. The van der Waals surface area contributed by atoms with Crippen molar-refractivity contribution in [2.75, 3.05) is 38.1 Å². The summed E-state index contributed by atoms with van der Waals surface area (Å²) in [5.41, 5.74) is 1.07. The van der Waals surface area contributed by atoms with Gasteiger partial charge in [-0.3, -0.25) is 10.1 Å². The second kappa shape index (κ2) is 7.13. The van der Waals surface area contributed by atoms with Crippen LogP contribution in [0.1, 0.15) is 6.92 Å². The molecule has 4 N–H and O–H groups in total. The molecule has 7 nitrogen and oxygen atoms in total. The van der Waals surface area contributed by atoms with Crippen LogP contribution in [-0.2, 0) is 4.79 Å². The van der Waals surface area contributed by atoms with Crippen LogP contribution >= 0.6 is 0 Å². The van der Waals surface area contributed by atoms with E-state index in [1.165, 1.54) is 7.05 Å². The molecule has 1 aliphatic rings. The molecule has 0 aromatic heterocycles. The highest BCUT2D eigenvalue weighted by molar-refractivity contribution is 5.96. The lowest BCUT2D eigenvalue weighted by Gasteiger charge is -2.35. The number of piperazine rings is 1. The molecule has 0 radical (unpaired) electrons. The Kier molecular flexibility index (Phi) is 5.21. The molecular formula is C15H23N4O3+. The maximum Gasteiger partial charge on any atom is 0.321 e. The number of carbonyl (C=O) groups excluding carboxylic acids is 2. The van der Waals surface area contributed by atoms with E-state index in [-0.39, 0.29) is 17.7 Å². The summed E-state index contributed by atoms with van der Waals surface area (Å²) in [5.74, 6) is -0.0000570. The Morgan fingerprint density at radius 1 is 1.23 bits per heavy atom. The van der Waals surface area contributed by atoms with E-state index in [9.17, 15) is 14.7 Å². The van der Waals surface area contributed by atoms with E-state index in [0.29, 0.717) is 0 Å². The predicted molar refractivity (Wildman–Crippen MR) is 83.1 cm³/mol. The first-order valence-corrected chi connectivity index (χ1v) is 7.42. The third-order valence-electron chi connectivity index (χ3n) is 4.09. The first-order chi connectivity index (χ1) is 10.5. The van der Waals surface area contributed by atoms with Gasteiger partial charge < -0.3 is 20.2 Å². The fraction of sp³-hybridized carbons (Fsp3) is 0.467. The van der Waals surface area contributed by atoms with E-state index in [4.69, 9.17) is 0 Å². The quantitative estimate of drug-likeness (QED) is 0.573. The highest BCUT2D eigenvalue weighted by Crippen LogP contribution is 2.18. The minimum absolute atomic E-state index is 0.257. The van der Waals surface area contributed by atoms with Crippen LogP contribution in [0.3, 0.4) is 0 Å². The van der Waals surface area contributed by atoms with Crippen molar-refractivity contribution in [3.05, 3.63) is 24.3 Å². The Bertz CT molecular complexity index is 524. The van der Waals surface area contributed by atoms with E-state index >= 15 is 0 Å². The fourth-order valence-corrected chi connectivity index (χ4v) is 2.62.